The van der Waals surface area contributed by atoms with E-state index < -0.39 is 5.60 Å². The van der Waals surface area contributed by atoms with E-state index in [1.165, 1.54) is 25.3 Å². The predicted octanol–water partition coefficient (Wildman–Crippen LogP) is 4.21. The largest absolute Gasteiger partial charge is 0.389 e. The summed E-state index contributed by atoms with van der Waals surface area (Å²) in [5.74, 6) is 2.31. The molecule has 108 valence electrons. The first-order valence-electron chi connectivity index (χ1n) is 7.73. The molecule has 20 heavy (non-hydrogen) atoms. The SMILES string of the molecule is OC1(Cc2ccc(Cl)cc2F)CC2CC1C1CCCC21. The molecule has 1 aromatic rings. The van der Waals surface area contributed by atoms with Crippen LogP contribution < -0.4 is 0 Å². The quantitative estimate of drug-likeness (QED) is 0.866. The van der Waals surface area contributed by atoms with Gasteiger partial charge in [0.1, 0.15) is 5.82 Å². The number of halogens is 2. The van der Waals surface area contributed by atoms with Gasteiger partial charge < -0.3 is 5.11 Å². The van der Waals surface area contributed by atoms with E-state index in [2.05, 4.69) is 0 Å². The summed E-state index contributed by atoms with van der Waals surface area (Å²) < 4.78 is 14.0. The van der Waals surface area contributed by atoms with Gasteiger partial charge in [-0.1, -0.05) is 24.1 Å². The standard InChI is InChI=1S/C17H20ClFO/c18-12-5-4-10(16(19)7-12)8-17(20)9-11-6-15(17)14-3-1-2-13(11)14/h4-5,7,11,13-15,20H,1-3,6,8-9H2. The van der Waals surface area contributed by atoms with E-state index in [0.29, 0.717) is 34.8 Å². The first kappa shape index (κ1) is 13.1. The molecule has 3 saturated carbocycles. The van der Waals surface area contributed by atoms with Crippen molar-refractivity contribution in [3.05, 3.63) is 34.6 Å². The van der Waals surface area contributed by atoms with Crippen molar-refractivity contribution in [1.29, 1.82) is 0 Å². The fourth-order valence-corrected chi connectivity index (χ4v) is 5.59. The van der Waals surface area contributed by atoms with Gasteiger partial charge in [0.05, 0.1) is 5.60 Å². The molecule has 3 aliphatic rings. The summed E-state index contributed by atoms with van der Waals surface area (Å²) in [6, 6.07) is 4.80. The second-order valence-electron chi connectivity index (χ2n) is 7.08. The highest BCUT2D eigenvalue weighted by atomic mass is 35.5. The lowest BCUT2D eigenvalue weighted by atomic mass is 9.70. The Bertz CT molecular complexity index is 546. The van der Waals surface area contributed by atoms with E-state index in [-0.39, 0.29) is 5.82 Å². The number of benzene rings is 1. The number of aliphatic hydroxyl groups is 1. The molecule has 0 heterocycles. The summed E-state index contributed by atoms with van der Waals surface area (Å²) in [5, 5.41) is 11.5. The lowest BCUT2D eigenvalue weighted by molar-refractivity contribution is -0.0455. The van der Waals surface area contributed by atoms with Crippen LogP contribution >= 0.6 is 11.6 Å². The zero-order chi connectivity index (χ0) is 13.9. The van der Waals surface area contributed by atoms with Gasteiger partial charge in [0.2, 0.25) is 0 Å². The van der Waals surface area contributed by atoms with E-state index in [9.17, 15) is 9.50 Å². The minimum absolute atomic E-state index is 0.281. The molecular weight excluding hydrogens is 275 g/mol. The molecule has 4 rings (SSSR count). The van der Waals surface area contributed by atoms with Crippen LogP contribution in [0.3, 0.4) is 0 Å². The first-order valence-corrected chi connectivity index (χ1v) is 8.11. The number of hydrogen-bond acceptors (Lipinski definition) is 1. The maximum absolute atomic E-state index is 14.0. The highest BCUT2D eigenvalue weighted by Gasteiger charge is 2.60. The Hall–Kier alpha value is -0.600. The molecule has 1 N–H and O–H groups in total. The third-order valence-electron chi connectivity index (χ3n) is 6.12. The van der Waals surface area contributed by atoms with Gasteiger partial charge in [0.25, 0.3) is 0 Å². The molecule has 3 heteroatoms. The zero-order valence-corrected chi connectivity index (χ0v) is 12.2. The van der Waals surface area contributed by atoms with Crippen LogP contribution in [0.1, 0.15) is 37.7 Å². The Morgan fingerprint density at radius 2 is 2.10 bits per heavy atom. The van der Waals surface area contributed by atoms with E-state index in [1.54, 1.807) is 12.1 Å². The molecule has 3 aliphatic carbocycles. The summed E-state index contributed by atoms with van der Waals surface area (Å²) >= 11 is 5.80. The van der Waals surface area contributed by atoms with Crippen molar-refractivity contribution in [3.8, 4) is 0 Å². The van der Waals surface area contributed by atoms with Crippen LogP contribution in [-0.4, -0.2) is 10.7 Å². The summed E-state index contributed by atoms with van der Waals surface area (Å²) in [6.07, 6.45) is 6.38. The number of rotatable bonds is 2. The topological polar surface area (TPSA) is 20.2 Å². The van der Waals surface area contributed by atoms with Crippen LogP contribution in [0.4, 0.5) is 4.39 Å². The molecule has 1 nitrogen and oxygen atoms in total. The highest BCUT2D eigenvalue weighted by molar-refractivity contribution is 6.30. The van der Waals surface area contributed by atoms with Crippen molar-refractivity contribution < 1.29 is 9.50 Å². The molecule has 2 bridgehead atoms. The van der Waals surface area contributed by atoms with E-state index >= 15 is 0 Å². The Kier molecular flexibility index (Phi) is 2.91. The van der Waals surface area contributed by atoms with Gasteiger partial charge in [0.15, 0.2) is 0 Å². The second-order valence-corrected chi connectivity index (χ2v) is 7.52. The fourth-order valence-electron chi connectivity index (χ4n) is 5.43. The predicted molar refractivity (Wildman–Crippen MR) is 77.1 cm³/mol. The van der Waals surface area contributed by atoms with E-state index in [1.807, 2.05) is 0 Å². The summed E-state index contributed by atoms with van der Waals surface area (Å²) in [4.78, 5) is 0. The van der Waals surface area contributed by atoms with Gasteiger partial charge in [0, 0.05) is 11.4 Å². The van der Waals surface area contributed by atoms with Gasteiger partial charge in [-0.2, -0.15) is 0 Å². The van der Waals surface area contributed by atoms with Crippen LogP contribution in [0.5, 0.6) is 0 Å². The third kappa shape index (κ3) is 1.84. The average molecular weight is 295 g/mol. The van der Waals surface area contributed by atoms with Crippen molar-refractivity contribution in [2.24, 2.45) is 23.7 Å². The summed E-state index contributed by atoms with van der Waals surface area (Å²) in [5.41, 5.74) is -0.0795. The Labute approximate surface area is 124 Å². The third-order valence-corrected chi connectivity index (χ3v) is 6.36. The molecule has 0 amide bonds. The Morgan fingerprint density at radius 1 is 1.30 bits per heavy atom. The molecule has 0 aromatic heterocycles. The maximum Gasteiger partial charge on any atom is 0.127 e. The van der Waals surface area contributed by atoms with Crippen LogP contribution in [0.25, 0.3) is 0 Å². The average Bonchev–Trinajstić information content (AvgIpc) is 3.03. The molecular formula is C17H20ClFO. The first-order chi connectivity index (χ1) is 9.57. The van der Waals surface area contributed by atoms with Crippen molar-refractivity contribution >= 4 is 11.6 Å². The van der Waals surface area contributed by atoms with Gasteiger partial charge in [-0.3, -0.25) is 0 Å². The summed E-state index contributed by atoms with van der Waals surface area (Å²) in [7, 11) is 0. The van der Waals surface area contributed by atoms with Crippen molar-refractivity contribution in [1.82, 2.24) is 0 Å². The second kappa shape index (κ2) is 4.45. The van der Waals surface area contributed by atoms with Crippen LogP contribution in [0.2, 0.25) is 5.02 Å². The maximum atomic E-state index is 14.0. The minimum atomic E-state index is -0.690. The van der Waals surface area contributed by atoms with Gasteiger partial charge in [-0.25, -0.2) is 4.39 Å². The van der Waals surface area contributed by atoms with Gasteiger partial charge >= 0.3 is 0 Å². The molecule has 0 spiro atoms. The lowest BCUT2D eigenvalue weighted by Crippen LogP contribution is -2.43. The number of hydrogen-bond donors (Lipinski definition) is 1. The molecule has 3 fully saturated rings. The molecule has 1 aromatic carbocycles. The monoisotopic (exact) mass is 294 g/mol. The lowest BCUT2D eigenvalue weighted by Gasteiger charge is -2.39. The highest BCUT2D eigenvalue weighted by Crippen LogP contribution is 2.62. The Morgan fingerprint density at radius 3 is 2.90 bits per heavy atom. The van der Waals surface area contributed by atoms with Crippen LogP contribution in [0.15, 0.2) is 18.2 Å². The Balaban J connectivity index is 1.60. The molecule has 5 unspecified atom stereocenters. The number of fused-ring (bicyclic) bond motifs is 5. The van der Waals surface area contributed by atoms with Crippen LogP contribution in [0, 0.1) is 29.5 Å². The van der Waals surface area contributed by atoms with Crippen molar-refractivity contribution in [3.63, 3.8) is 0 Å². The van der Waals surface area contributed by atoms with Crippen LogP contribution in [-0.2, 0) is 6.42 Å². The molecule has 5 atom stereocenters. The fraction of sp³-hybridized carbons (Fsp3) is 0.647. The van der Waals surface area contributed by atoms with Crippen molar-refractivity contribution in [2.45, 2.75) is 44.1 Å². The molecule has 0 saturated heterocycles. The smallest absolute Gasteiger partial charge is 0.127 e. The molecule has 0 aliphatic heterocycles. The van der Waals surface area contributed by atoms with Gasteiger partial charge in [-0.15, -0.1) is 0 Å². The van der Waals surface area contributed by atoms with Crippen molar-refractivity contribution in [2.75, 3.05) is 0 Å². The van der Waals surface area contributed by atoms with Gasteiger partial charge in [-0.05, 0) is 67.1 Å². The summed E-state index contributed by atoms with van der Waals surface area (Å²) in [6.45, 7) is 0. The normalized spacial score (nSPS) is 42.1. The molecule has 0 radical (unpaired) electrons. The zero-order valence-electron chi connectivity index (χ0n) is 11.5. The minimum Gasteiger partial charge on any atom is -0.389 e. The van der Waals surface area contributed by atoms with E-state index in [4.69, 9.17) is 11.6 Å². The van der Waals surface area contributed by atoms with E-state index in [0.717, 1.165) is 18.8 Å².